The van der Waals surface area contributed by atoms with Crippen molar-refractivity contribution >= 4 is 12.1 Å². The van der Waals surface area contributed by atoms with Gasteiger partial charge in [-0.2, -0.15) is 0 Å². The average Bonchev–Trinajstić information content (AvgIpc) is 2.75. The number of carbonyl (C=O) groups excluding carboxylic acids is 1. The Morgan fingerprint density at radius 3 is 3.07 bits per heavy atom. The van der Waals surface area contributed by atoms with Gasteiger partial charge in [0.2, 0.25) is 5.91 Å². The molecule has 0 aromatic heterocycles. The van der Waals surface area contributed by atoms with Crippen molar-refractivity contribution < 1.29 is 4.79 Å². The van der Waals surface area contributed by atoms with Crippen molar-refractivity contribution in [3.63, 3.8) is 0 Å². The standard InChI is InChI=1S/C11H19N3O/c1-14(11(15)3-2-6-12)8-5-10-4-7-13-9-10/h7,9H,2-6,8,12H2,1H3. The fraction of sp³-hybridized carbons (Fsp3) is 0.636. The molecule has 0 aromatic carbocycles. The van der Waals surface area contributed by atoms with Crippen molar-refractivity contribution in [1.29, 1.82) is 0 Å². The van der Waals surface area contributed by atoms with E-state index in [9.17, 15) is 4.79 Å². The van der Waals surface area contributed by atoms with Crippen LogP contribution in [0.3, 0.4) is 0 Å². The number of hydrogen-bond donors (Lipinski definition) is 1. The van der Waals surface area contributed by atoms with E-state index in [1.54, 1.807) is 4.90 Å². The van der Waals surface area contributed by atoms with Gasteiger partial charge in [0.05, 0.1) is 0 Å². The number of hydrogen-bond acceptors (Lipinski definition) is 3. The molecule has 15 heavy (non-hydrogen) atoms. The predicted octanol–water partition coefficient (Wildman–Crippen LogP) is 0.932. The number of amides is 1. The topological polar surface area (TPSA) is 58.7 Å². The minimum atomic E-state index is 0.181. The molecule has 0 saturated carbocycles. The average molecular weight is 209 g/mol. The molecule has 2 N–H and O–H groups in total. The van der Waals surface area contributed by atoms with E-state index in [-0.39, 0.29) is 5.91 Å². The first kappa shape index (κ1) is 11.9. The van der Waals surface area contributed by atoms with Crippen LogP contribution in [0.25, 0.3) is 0 Å². The zero-order valence-corrected chi connectivity index (χ0v) is 9.28. The van der Waals surface area contributed by atoms with Crippen molar-refractivity contribution in [2.45, 2.75) is 25.7 Å². The molecule has 4 nitrogen and oxygen atoms in total. The molecule has 1 aliphatic rings. The molecule has 0 atom stereocenters. The first-order chi connectivity index (χ1) is 7.24. The number of aliphatic imine (C=N–C) groups is 1. The molecule has 4 heteroatoms. The smallest absolute Gasteiger partial charge is 0.222 e. The van der Waals surface area contributed by atoms with E-state index < -0.39 is 0 Å². The van der Waals surface area contributed by atoms with Gasteiger partial charge in [0, 0.05) is 38.8 Å². The van der Waals surface area contributed by atoms with Gasteiger partial charge in [-0.05, 0) is 25.0 Å². The van der Waals surface area contributed by atoms with Gasteiger partial charge in [0.1, 0.15) is 0 Å². The van der Waals surface area contributed by atoms with Crippen LogP contribution in [0.2, 0.25) is 0 Å². The van der Waals surface area contributed by atoms with E-state index >= 15 is 0 Å². The fourth-order valence-electron chi connectivity index (χ4n) is 1.43. The second kappa shape index (κ2) is 6.35. The van der Waals surface area contributed by atoms with Gasteiger partial charge in [-0.15, -0.1) is 0 Å². The summed E-state index contributed by atoms with van der Waals surface area (Å²) in [5.74, 6) is 0.181. The summed E-state index contributed by atoms with van der Waals surface area (Å²) < 4.78 is 0. The summed E-state index contributed by atoms with van der Waals surface area (Å²) in [4.78, 5) is 17.3. The number of nitrogens with two attached hydrogens (primary N) is 1. The van der Waals surface area contributed by atoms with Gasteiger partial charge in [0.25, 0.3) is 0 Å². The number of rotatable bonds is 6. The number of nitrogens with zero attached hydrogens (tertiary/aromatic N) is 2. The highest BCUT2D eigenvalue weighted by Gasteiger charge is 2.09. The predicted molar refractivity (Wildman–Crippen MR) is 61.7 cm³/mol. The monoisotopic (exact) mass is 209 g/mol. The van der Waals surface area contributed by atoms with Crippen LogP contribution < -0.4 is 5.73 Å². The van der Waals surface area contributed by atoms with Crippen LogP contribution in [0.15, 0.2) is 16.8 Å². The maximum atomic E-state index is 11.5. The fourth-order valence-corrected chi connectivity index (χ4v) is 1.43. The minimum Gasteiger partial charge on any atom is -0.345 e. The van der Waals surface area contributed by atoms with Crippen molar-refractivity contribution in [3.05, 3.63) is 11.8 Å². The van der Waals surface area contributed by atoms with E-state index in [1.807, 2.05) is 19.5 Å². The lowest BCUT2D eigenvalue weighted by Crippen LogP contribution is -2.28. The Labute approximate surface area is 90.8 Å². The van der Waals surface area contributed by atoms with Crippen LogP contribution in [-0.2, 0) is 4.79 Å². The lowest BCUT2D eigenvalue weighted by Gasteiger charge is -2.17. The van der Waals surface area contributed by atoms with E-state index in [1.165, 1.54) is 5.57 Å². The highest BCUT2D eigenvalue weighted by Crippen LogP contribution is 2.11. The van der Waals surface area contributed by atoms with E-state index in [0.717, 1.165) is 25.8 Å². The van der Waals surface area contributed by atoms with E-state index in [0.29, 0.717) is 13.0 Å². The second-order valence-electron chi connectivity index (χ2n) is 3.78. The molecule has 0 fully saturated rings. The van der Waals surface area contributed by atoms with Crippen LogP contribution in [0.4, 0.5) is 0 Å². The third-order valence-corrected chi connectivity index (χ3v) is 2.50. The molecule has 0 saturated heterocycles. The van der Waals surface area contributed by atoms with Gasteiger partial charge >= 0.3 is 0 Å². The maximum absolute atomic E-state index is 11.5. The molecule has 0 bridgehead atoms. The summed E-state index contributed by atoms with van der Waals surface area (Å²) in [6.45, 7) is 1.36. The van der Waals surface area contributed by atoms with Crippen LogP contribution in [0.1, 0.15) is 25.7 Å². The highest BCUT2D eigenvalue weighted by molar-refractivity contribution is 5.75. The highest BCUT2D eigenvalue weighted by atomic mass is 16.2. The third kappa shape index (κ3) is 4.25. The quantitative estimate of drug-likeness (QED) is 0.707. The van der Waals surface area contributed by atoms with Gasteiger partial charge in [-0.25, -0.2) is 0 Å². The summed E-state index contributed by atoms with van der Waals surface area (Å²) in [6.07, 6.45) is 6.97. The molecular weight excluding hydrogens is 190 g/mol. The van der Waals surface area contributed by atoms with Crippen LogP contribution in [0.5, 0.6) is 0 Å². The first-order valence-corrected chi connectivity index (χ1v) is 5.37. The van der Waals surface area contributed by atoms with Gasteiger partial charge < -0.3 is 10.6 Å². The normalized spacial score (nSPS) is 14.1. The van der Waals surface area contributed by atoms with E-state index in [2.05, 4.69) is 4.99 Å². The van der Waals surface area contributed by atoms with Crippen molar-refractivity contribution in [1.82, 2.24) is 4.90 Å². The zero-order chi connectivity index (χ0) is 11.1. The summed E-state index contributed by atoms with van der Waals surface area (Å²) in [5.41, 5.74) is 6.65. The largest absolute Gasteiger partial charge is 0.345 e. The maximum Gasteiger partial charge on any atom is 0.222 e. The Morgan fingerprint density at radius 2 is 2.47 bits per heavy atom. The molecule has 0 radical (unpaired) electrons. The molecular formula is C11H19N3O. The Bertz CT molecular complexity index is 271. The Kier molecular flexibility index (Phi) is 5.04. The van der Waals surface area contributed by atoms with Gasteiger partial charge in [-0.3, -0.25) is 9.79 Å². The molecule has 84 valence electrons. The zero-order valence-electron chi connectivity index (χ0n) is 9.28. The molecule has 1 aliphatic heterocycles. The molecule has 1 rings (SSSR count). The van der Waals surface area contributed by atoms with Gasteiger partial charge in [0.15, 0.2) is 0 Å². The van der Waals surface area contributed by atoms with Crippen molar-refractivity contribution in [2.24, 2.45) is 10.7 Å². The summed E-state index contributed by atoms with van der Waals surface area (Å²) >= 11 is 0. The molecule has 0 spiro atoms. The van der Waals surface area contributed by atoms with Crippen molar-refractivity contribution in [2.75, 3.05) is 20.1 Å². The van der Waals surface area contributed by atoms with Crippen molar-refractivity contribution in [3.8, 4) is 0 Å². The summed E-state index contributed by atoms with van der Waals surface area (Å²) in [5, 5.41) is 0. The molecule has 1 amide bonds. The van der Waals surface area contributed by atoms with E-state index in [4.69, 9.17) is 5.73 Å². The Hall–Kier alpha value is -1.16. The molecule has 0 aliphatic carbocycles. The Balaban J connectivity index is 2.17. The number of carbonyl (C=O) groups is 1. The summed E-state index contributed by atoms with van der Waals surface area (Å²) in [7, 11) is 1.84. The van der Waals surface area contributed by atoms with Gasteiger partial charge in [-0.1, -0.05) is 0 Å². The van der Waals surface area contributed by atoms with Crippen LogP contribution in [-0.4, -0.2) is 37.2 Å². The molecule has 0 unspecified atom stereocenters. The SMILES string of the molecule is CN(CCC1=CN=CC1)C(=O)CCCN. The molecule has 1 heterocycles. The van der Waals surface area contributed by atoms with Crippen LogP contribution in [0, 0.1) is 0 Å². The van der Waals surface area contributed by atoms with Crippen LogP contribution >= 0.6 is 0 Å². The second-order valence-corrected chi connectivity index (χ2v) is 3.78. The lowest BCUT2D eigenvalue weighted by molar-refractivity contribution is -0.129. The first-order valence-electron chi connectivity index (χ1n) is 5.37. The Morgan fingerprint density at radius 1 is 1.67 bits per heavy atom. The third-order valence-electron chi connectivity index (χ3n) is 2.50. The summed E-state index contributed by atoms with van der Waals surface area (Å²) in [6, 6.07) is 0. The minimum absolute atomic E-state index is 0.181. The molecule has 0 aromatic rings. The lowest BCUT2D eigenvalue weighted by atomic mass is 10.1.